The van der Waals surface area contributed by atoms with Gasteiger partial charge in [0.15, 0.2) is 5.82 Å². The van der Waals surface area contributed by atoms with Crippen molar-refractivity contribution in [2.75, 3.05) is 18.4 Å². The minimum atomic E-state index is -0.128. The highest BCUT2D eigenvalue weighted by atomic mass is 16.5. The van der Waals surface area contributed by atoms with Crippen LogP contribution in [0.3, 0.4) is 0 Å². The molecule has 1 atom stereocenters. The van der Waals surface area contributed by atoms with Gasteiger partial charge in [0.2, 0.25) is 5.91 Å². The summed E-state index contributed by atoms with van der Waals surface area (Å²) in [7, 11) is 1.95. The average Bonchev–Trinajstić information content (AvgIpc) is 3.17. The van der Waals surface area contributed by atoms with Crippen LogP contribution >= 0.6 is 0 Å². The SMILES string of the molecule is CC[C@H](C(=O)Nc1cc(C)on1)N1CCC(c2cnn(C)c2)CC1. The van der Waals surface area contributed by atoms with E-state index >= 15 is 0 Å². The van der Waals surface area contributed by atoms with E-state index in [2.05, 4.69) is 26.7 Å². The number of hydrogen-bond donors (Lipinski definition) is 1. The fraction of sp³-hybridized carbons (Fsp3) is 0.588. The van der Waals surface area contributed by atoms with Gasteiger partial charge in [-0.1, -0.05) is 12.1 Å². The Morgan fingerprint density at radius 2 is 2.21 bits per heavy atom. The summed E-state index contributed by atoms with van der Waals surface area (Å²) < 4.78 is 6.85. The van der Waals surface area contributed by atoms with E-state index in [4.69, 9.17) is 4.52 Å². The lowest BCUT2D eigenvalue weighted by Gasteiger charge is -2.36. The molecule has 0 bridgehead atoms. The minimum Gasteiger partial charge on any atom is -0.360 e. The van der Waals surface area contributed by atoms with Gasteiger partial charge < -0.3 is 9.84 Å². The second kappa shape index (κ2) is 7.17. The van der Waals surface area contributed by atoms with Crippen molar-refractivity contribution in [2.45, 2.75) is 45.1 Å². The van der Waals surface area contributed by atoms with Crippen LogP contribution in [0.25, 0.3) is 0 Å². The van der Waals surface area contributed by atoms with Gasteiger partial charge in [0.1, 0.15) is 5.76 Å². The molecule has 1 amide bonds. The van der Waals surface area contributed by atoms with E-state index in [-0.39, 0.29) is 11.9 Å². The first-order chi connectivity index (χ1) is 11.6. The van der Waals surface area contributed by atoms with Gasteiger partial charge in [-0.25, -0.2) is 0 Å². The number of hydrogen-bond acceptors (Lipinski definition) is 5. The predicted octanol–water partition coefficient (Wildman–Crippen LogP) is 2.31. The van der Waals surface area contributed by atoms with Gasteiger partial charge in [0.25, 0.3) is 0 Å². The first kappa shape index (κ1) is 16.7. The standard InChI is InChI=1S/C17H25N5O2/c1-4-15(17(23)19-16-9-12(2)24-20-16)22-7-5-13(6-8-22)14-10-18-21(3)11-14/h9-11,13,15H,4-8H2,1-3H3,(H,19,20,23)/t15-/m1/s1. The molecule has 0 radical (unpaired) electrons. The maximum atomic E-state index is 12.6. The molecule has 3 rings (SSSR count). The lowest BCUT2D eigenvalue weighted by molar-refractivity contribution is -0.121. The monoisotopic (exact) mass is 331 g/mol. The number of aromatic nitrogens is 3. The van der Waals surface area contributed by atoms with Gasteiger partial charge >= 0.3 is 0 Å². The lowest BCUT2D eigenvalue weighted by Crippen LogP contribution is -2.47. The van der Waals surface area contributed by atoms with E-state index in [1.165, 1.54) is 5.56 Å². The Hall–Kier alpha value is -2.15. The summed E-state index contributed by atoms with van der Waals surface area (Å²) >= 11 is 0. The van der Waals surface area contributed by atoms with Crippen LogP contribution in [0, 0.1) is 6.92 Å². The van der Waals surface area contributed by atoms with Gasteiger partial charge in [-0.3, -0.25) is 14.4 Å². The molecule has 0 aromatic carbocycles. The summed E-state index contributed by atoms with van der Waals surface area (Å²) in [6.07, 6.45) is 6.94. The Labute approximate surface area is 142 Å². The molecule has 2 aromatic heterocycles. The Morgan fingerprint density at radius 1 is 1.46 bits per heavy atom. The first-order valence-corrected chi connectivity index (χ1v) is 8.53. The quantitative estimate of drug-likeness (QED) is 0.910. The second-order valence-corrected chi connectivity index (χ2v) is 6.49. The summed E-state index contributed by atoms with van der Waals surface area (Å²) in [6.45, 7) is 5.70. The summed E-state index contributed by atoms with van der Waals surface area (Å²) in [5, 5.41) is 11.0. The van der Waals surface area contributed by atoms with Crippen molar-refractivity contribution in [2.24, 2.45) is 7.05 Å². The normalized spacial score (nSPS) is 17.8. The van der Waals surface area contributed by atoms with Crippen molar-refractivity contribution < 1.29 is 9.32 Å². The molecule has 0 aliphatic carbocycles. The van der Waals surface area contributed by atoms with Gasteiger partial charge in [-0.15, -0.1) is 0 Å². The highest BCUT2D eigenvalue weighted by Gasteiger charge is 2.29. The Bertz CT molecular complexity index is 685. The summed E-state index contributed by atoms with van der Waals surface area (Å²) in [5.74, 6) is 1.70. The third-order valence-corrected chi connectivity index (χ3v) is 4.74. The number of aryl methyl sites for hydroxylation is 2. The van der Waals surface area contributed by atoms with Crippen LogP contribution in [0.4, 0.5) is 5.82 Å². The highest BCUT2D eigenvalue weighted by molar-refractivity contribution is 5.94. The molecule has 130 valence electrons. The van der Waals surface area contributed by atoms with Gasteiger partial charge in [-0.05, 0) is 50.8 Å². The van der Waals surface area contributed by atoms with Crippen molar-refractivity contribution in [3.63, 3.8) is 0 Å². The van der Waals surface area contributed by atoms with E-state index in [0.29, 0.717) is 17.5 Å². The molecular weight excluding hydrogens is 306 g/mol. The van der Waals surface area contributed by atoms with Gasteiger partial charge in [0, 0.05) is 19.3 Å². The summed E-state index contributed by atoms with van der Waals surface area (Å²) in [6, 6.07) is 1.61. The van der Waals surface area contributed by atoms with Crippen LogP contribution in [-0.4, -0.2) is 44.9 Å². The van der Waals surface area contributed by atoms with Crippen LogP contribution < -0.4 is 5.32 Å². The van der Waals surface area contributed by atoms with Crippen molar-refractivity contribution in [3.8, 4) is 0 Å². The third kappa shape index (κ3) is 3.67. The smallest absolute Gasteiger partial charge is 0.242 e. The number of nitrogens with one attached hydrogen (secondary N) is 1. The molecule has 7 heteroatoms. The van der Waals surface area contributed by atoms with Crippen LogP contribution in [0.2, 0.25) is 0 Å². The zero-order valence-corrected chi connectivity index (χ0v) is 14.5. The van der Waals surface area contributed by atoms with Gasteiger partial charge in [0.05, 0.1) is 12.2 Å². The molecular formula is C17H25N5O2. The zero-order chi connectivity index (χ0) is 17.1. The number of nitrogens with zero attached hydrogens (tertiary/aromatic N) is 4. The molecule has 7 nitrogen and oxygen atoms in total. The predicted molar refractivity (Wildman–Crippen MR) is 90.7 cm³/mol. The molecule has 1 aliphatic rings. The molecule has 1 saturated heterocycles. The van der Waals surface area contributed by atoms with Crippen LogP contribution in [0.5, 0.6) is 0 Å². The highest BCUT2D eigenvalue weighted by Crippen LogP contribution is 2.29. The van der Waals surface area contributed by atoms with E-state index in [1.54, 1.807) is 6.07 Å². The fourth-order valence-corrected chi connectivity index (χ4v) is 3.44. The molecule has 0 saturated carbocycles. The Morgan fingerprint density at radius 3 is 2.75 bits per heavy atom. The molecule has 0 unspecified atom stereocenters. The van der Waals surface area contributed by atoms with E-state index < -0.39 is 0 Å². The molecule has 24 heavy (non-hydrogen) atoms. The summed E-state index contributed by atoms with van der Waals surface area (Å²) in [4.78, 5) is 14.8. The average molecular weight is 331 g/mol. The zero-order valence-electron chi connectivity index (χ0n) is 14.5. The maximum Gasteiger partial charge on any atom is 0.242 e. The first-order valence-electron chi connectivity index (χ1n) is 8.53. The van der Waals surface area contributed by atoms with Crippen molar-refractivity contribution in [3.05, 3.63) is 29.8 Å². The number of rotatable bonds is 5. The largest absolute Gasteiger partial charge is 0.360 e. The Balaban J connectivity index is 1.57. The van der Waals surface area contributed by atoms with Crippen molar-refractivity contribution >= 4 is 11.7 Å². The minimum absolute atomic E-state index is 0.00868. The maximum absolute atomic E-state index is 12.6. The van der Waals surface area contributed by atoms with Crippen LogP contribution in [0.15, 0.2) is 23.0 Å². The number of anilines is 1. The third-order valence-electron chi connectivity index (χ3n) is 4.74. The van der Waals surface area contributed by atoms with E-state index in [9.17, 15) is 4.79 Å². The van der Waals surface area contributed by atoms with E-state index in [0.717, 1.165) is 32.4 Å². The van der Waals surface area contributed by atoms with Crippen molar-refractivity contribution in [1.82, 2.24) is 19.8 Å². The van der Waals surface area contributed by atoms with Crippen molar-refractivity contribution in [1.29, 1.82) is 0 Å². The Kier molecular flexibility index (Phi) is 4.99. The molecule has 2 aromatic rings. The number of likely N-dealkylation sites (tertiary alicyclic amines) is 1. The molecule has 1 fully saturated rings. The van der Waals surface area contributed by atoms with E-state index in [1.807, 2.05) is 31.8 Å². The lowest BCUT2D eigenvalue weighted by atomic mass is 9.90. The van der Waals surface area contributed by atoms with Crippen LogP contribution in [-0.2, 0) is 11.8 Å². The molecule has 3 heterocycles. The summed E-state index contributed by atoms with van der Waals surface area (Å²) in [5.41, 5.74) is 1.30. The number of carbonyl (C=O) groups is 1. The molecule has 1 N–H and O–H groups in total. The number of piperidine rings is 1. The number of amides is 1. The molecule has 0 spiro atoms. The van der Waals surface area contributed by atoms with Gasteiger partial charge in [-0.2, -0.15) is 5.10 Å². The topological polar surface area (TPSA) is 76.2 Å². The van der Waals surface area contributed by atoms with Crippen LogP contribution in [0.1, 0.15) is 43.4 Å². The fourth-order valence-electron chi connectivity index (χ4n) is 3.44. The number of carbonyl (C=O) groups excluding carboxylic acids is 1. The second-order valence-electron chi connectivity index (χ2n) is 6.49. The molecule has 1 aliphatic heterocycles.